The Bertz CT molecular complexity index is 640. The second-order valence-corrected chi connectivity index (χ2v) is 6.82. The van der Waals surface area contributed by atoms with Crippen LogP contribution in [0.25, 0.3) is 0 Å². The number of para-hydroxylation sites is 1. The number of guanidine groups is 1. The highest BCUT2D eigenvalue weighted by Gasteiger charge is 2.05. The molecule has 5 nitrogen and oxygen atoms in total. The van der Waals surface area contributed by atoms with Gasteiger partial charge in [-0.1, -0.05) is 32.0 Å². The molecule has 25 heavy (non-hydrogen) atoms. The van der Waals surface area contributed by atoms with E-state index >= 15 is 0 Å². The maximum Gasteiger partial charge on any atom is 0.191 e. The summed E-state index contributed by atoms with van der Waals surface area (Å²) in [5.41, 5.74) is 1.13. The molecule has 0 atom stereocenters. The fraction of sp³-hybridized carbons (Fsp3) is 0.474. The van der Waals surface area contributed by atoms with Gasteiger partial charge >= 0.3 is 0 Å². The van der Waals surface area contributed by atoms with E-state index in [9.17, 15) is 0 Å². The Hall–Kier alpha value is -2.08. The van der Waals surface area contributed by atoms with Gasteiger partial charge in [-0.15, -0.1) is 11.3 Å². The first-order valence-electron chi connectivity index (χ1n) is 8.83. The third-order valence-electron chi connectivity index (χ3n) is 3.45. The fourth-order valence-corrected chi connectivity index (χ4v) is 3.05. The molecule has 0 saturated carbocycles. The molecule has 1 aromatic carbocycles. The van der Waals surface area contributed by atoms with Crippen molar-refractivity contribution in [2.45, 2.75) is 33.1 Å². The number of aliphatic imine (C=N–C) groups is 1. The molecule has 0 spiro atoms. The van der Waals surface area contributed by atoms with E-state index in [2.05, 4.69) is 46.8 Å². The van der Waals surface area contributed by atoms with Crippen LogP contribution in [0.3, 0.4) is 0 Å². The second kappa shape index (κ2) is 10.7. The number of aromatic nitrogens is 1. The van der Waals surface area contributed by atoms with Crippen LogP contribution in [0.2, 0.25) is 0 Å². The van der Waals surface area contributed by atoms with Gasteiger partial charge in [0.25, 0.3) is 0 Å². The lowest BCUT2D eigenvalue weighted by Crippen LogP contribution is -2.39. The Morgan fingerprint density at radius 1 is 1.24 bits per heavy atom. The minimum absolute atomic E-state index is 0.492. The van der Waals surface area contributed by atoms with Gasteiger partial charge in [0.15, 0.2) is 5.96 Å². The highest BCUT2D eigenvalue weighted by Crippen LogP contribution is 2.19. The molecule has 2 N–H and O–H groups in total. The molecule has 0 aliphatic heterocycles. The molecule has 0 unspecified atom stereocenters. The van der Waals surface area contributed by atoms with E-state index in [1.54, 1.807) is 11.3 Å². The number of hydrogen-bond acceptors (Lipinski definition) is 4. The molecule has 0 aliphatic carbocycles. The zero-order valence-electron chi connectivity index (χ0n) is 15.3. The van der Waals surface area contributed by atoms with Crippen molar-refractivity contribution in [2.75, 3.05) is 26.2 Å². The lowest BCUT2D eigenvalue weighted by atomic mass is 10.2. The number of nitrogens with one attached hydrogen (secondary N) is 2. The number of hydrogen-bond donors (Lipinski definition) is 2. The summed E-state index contributed by atoms with van der Waals surface area (Å²) in [4.78, 5) is 9.26. The van der Waals surface area contributed by atoms with Gasteiger partial charge < -0.3 is 15.4 Å². The number of nitrogens with zero attached hydrogens (tertiary/aromatic N) is 2. The number of rotatable bonds is 9. The summed E-state index contributed by atoms with van der Waals surface area (Å²) in [6.07, 6.45) is 0.861. The van der Waals surface area contributed by atoms with Crippen LogP contribution in [0.4, 0.5) is 0 Å². The molecular weight excluding hydrogens is 332 g/mol. The Morgan fingerprint density at radius 3 is 2.72 bits per heavy atom. The van der Waals surface area contributed by atoms with Gasteiger partial charge in [-0.2, -0.15) is 0 Å². The summed E-state index contributed by atoms with van der Waals surface area (Å²) in [6, 6.07) is 9.83. The molecule has 2 rings (SSSR count). The predicted octanol–water partition coefficient (Wildman–Crippen LogP) is 3.44. The molecule has 0 bridgehead atoms. The highest BCUT2D eigenvalue weighted by molar-refractivity contribution is 7.09. The van der Waals surface area contributed by atoms with Crippen LogP contribution in [-0.4, -0.2) is 37.2 Å². The van der Waals surface area contributed by atoms with Crippen LogP contribution in [0.15, 0.2) is 40.7 Å². The number of thiazole rings is 1. The van der Waals surface area contributed by atoms with Crippen molar-refractivity contribution >= 4 is 17.3 Å². The topological polar surface area (TPSA) is 58.5 Å². The summed E-state index contributed by atoms with van der Waals surface area (Å²) in [5.74, 6) is 2.19. The zero-order valence-corrected chi connectivity index (χ0v) is 16.1. The van der Waals surface area contributed by atoms with Gasteiger partial charge in [0.1, 0.15) is 12.4 Å². The lowest BCUT2D eigenvalue weighted by molar-refractivity contribution is 0.322. The summed E-state index contributed by atoms with van der Waals surface area (Å²) >= 11 is 1.73. The Labute approximate surface area is 154 Å². The molecular formula is C19H28N4OS. The molecule has 136 valence electrons. The van der Waals surface area contributed by atoms with E-state index in [1.807, 2.05) is 30.3 Å². The number of benzene rings is 1. The monoisotopic (exact) mass is 360 g/mol. The van der Waals surface area contributed by atoms with Crippen LogP contribution in [0.5, 0.6) is 5.75 Å². The molecule has 0 radical (unpaired) electrons. The molecule has 6 heteroatoms. The van der Waals surface area contributed by atoms with E-state index in [-0.39, 0.29) is 0 Å². The van der Waals surface area contributed by atoms with Crippen LogP contribution in [-0.2, 0) is 6.42 Å². The highest BCUT2D eigenvalue weighted by atomic mass is 32.1. The third kappa shape index (κ3) is 7.13. The van der Waals surface area contributed by atoms with Crippen LogP contribution in [0.1, 0.15) is 37.4 Å². The predicted molar refractivity (Wildman–Crippen MR) is 106 cm³/mol. The van der Waals surface area contributed by atoms with Crippen molar-refractivity contribution < 1.29 is 4.74 Å². The second-order valence-electron chi connectivity index (χ2n) is 5.93. The van der Waals surface area contributed by atoms with Crippen LogP contribution in [0, 0.1) is 0 Å². The van der Waals surface area contributed by atoms with Crippen molar-refractivity contribution in [1.29, 1.82) is 0 Å². The summed E-state index contributed by atoms with van der Waals surface area (Å²) in [7, 11) is 0. The molecule has 0 aliphatic rings. The number of ether oxygens (including phenoxy) is 1. The minimum atomic E-state index is 0.492. The molecule has 0 amide bonds. The molecule has 0 saturated heterocycles. The van der Waals surface area contributed by atoms with Crippen molar-refractivity contribution in [3.8, 4) is 5.75 Å². The molecule has 1 heterocycles. The summed E-state index contributed by atoms with van der Waals surface area (Å²) < 4.78 is 5.68. The molecule has 1 aromatic heterocycles. The summed E-state index contributed by atoms with van der Waals surface area (Å²) in [6.45, 7) is 9.26. The molecule has 0 fully saturated rings. The van der Waals surface area contributed by atoms with Crippen molar-refractivity contribution in [3.63, 3.8) is 0 Å². The average molecular weight is 361 g/mol. The lowest BCUT2D eigenvalue weighted by Gasteiger charge is -2.12. The van der Waals surface area contributed by atoms with Crippen LogP contribution < -0.4 is 15.4 Å². The Morgan fingerprint density at radius 2 is 2.04 bits per heavy atom. The van der Waals surface area contributed by atoms with Crippen molar-refractivity contribution in [3.05, 3.63) is 46.4 Å². The van der Waals surface area contributed by atoms with E-state index in [1.165, 1.54) is 5.01 Å². The van der Waals surface area contributed by atoms with Crippen LogP contribution >= 0.6 is 11.3 Å². The Balaban J connectivity index is 1.73. The van der Waals surface area contributed by atoms with E-state index in [0.29, 0.717) is 19.1 Å². The maximum absolute atomic E-state index is 5.68. The van der Waals surface area contributed by atoms with Crippen molar-refractivity contribution in [1.82, 2.24) is 15.6 Å². The van der Waals surface area contributed by atoms with Gasteiger partial charge in [0.05, 0.1) is 17.2 Å². The van der Waals surface area contributed by atoms with Gasteiger partial charge in [-0.25, -0.2) is 4.98 Å². The average Bonchev–Trinajstić information content (AvgIpc) is 3.09. The SMILES string of the molecule is CCNC(=NCCc1csc(C(C)C)n1)NCCOc1ccccc1. The minimum Gasteiger partial charge on any atom is -0.492 e. The summed E-state index contributed by atoms with van der Waals surface area (Å²) in [5, 5.41) is 9.89. The quantitative estimate of drug-likeness (QED) is 0.409. The maximum atomic E-state index is 5.68. The van der Waals surface area contributed by atoms with E-state index in [0.717, 1.165) is 36.9 Å². The van der Waals surface area contributed by atoms with Crippen molar-refractivity contribution in [2.24, 2.45) is 4.99 Å². The largest absolute Gasteiger partial charge is 0.492 e. The molecule has 2 aromatic rings. The smallest absolute Gasteiger partial charge is 0.191 e. The first kappa shape index (κ1) is 19.2. The first-order valence-corrected chi connectivity index (χ1v) is 9.71. The zero-order chi connectivity index (χ0) is 17.9. The van der Waals surface area contributed by atoms with Gasteiger partial charge in [-0.3, -0.25) is 4.99 Å². The van der Waals surface area contributed by atoms with Gasteiger partial charge in [0, 0.05) is 30.8 Å². The standard InChI is InChI=1S/C19H28N4OS/c1-4-20-19(22-12-13-24-17-8-6-5-7-9-17)21-11-10-16-14-25-18(23-16)15(2)3/h5-9,14-15H,4,10-13H2,1-3H3,(H2,20,21,22). The van der Waals surface area contributed by atoms with E-state index in [4.69, 9.17) is 4.74 Å². The van der Waals surface area contributed by atoms with E-state index < -0.39 is 0 Å². The third-order valence-corrected chi connectivity index (χ3v) is 4.65. The first-order chi connectivity index (χ1) is 12.2. The fourth-order valence-electron chi connectivity index (χ4n) is 2.18. The van der Waals surface area contributed by atoms with Gasteiger partial charge in [0.2, 0.25) is 0 Å². The normalized spacial score (nSPS) is 11.6. The Kier molecular flexibility index (Phi) is 8.25. The van der Waals surface area contributed by atoms with Gasteiger partial charge in [-0.05, 0) is 19.1 Å².